The number of hydrogen-bond donors (Lipinski definition) is 2. The zero-order chi connectivity index (χ0) is 16.9. The Hall–Kier alpha value is -1.70. The largest absolute Gasteiger partial charge is 0.497 e. The quantitative estimate of drug-likeness (QED) is 0.772. The fraction of sp³-hybridized carbons (Fsp3) is 0.375. The third-order valence-electron chi connectivity index (χ3n) is 3.33. The Morgan fingerprint density at radius 3 is 2.74 bits per heavy atom. The number of halogens is 2. The maximum absolute atomic E-state index is 12.5. The van der Waals surface area contributed by atoms with E-state index in [1.54, 1.807) is 19.1 Å². The third kappa shape index (κ3) is 4.89. The molecule has 0 radical (unpaired) electrons. The first-order valence-corrected chi connectivity index (χ1v) is 7.89. The summed E-state index contributed by atoms with van der Waals surface area (Å²) in [5.41, 5.74) is -0.460. The minimum atomic E-state index is -2.91. The van der Waals surface area contributed by atoms with Crippen LogP contribution in [-0.4, -0.2) is 25.4 Å². The Labute approximate surface area is 137 Å². The number of nitrogens with one attached hydrogen (secondary N) is 1. The van der Waals surface area contributed by atoms with Gasteiger partial charge in [-0.25, -0.2) is 0 Å². The summed E-state index contributed by atoms with van der Waals surface area (Å²) in [5, 5.41) is 15.4. The average Bonchev–Trinajstić information content (AvgIpc) is 3.03. The zero-order valence-corrected chi connectivity index (χ0v) is 13.7. The number of methoxy groups -OCH3 is 1. The van der Waals surface area contributed by atoms with Gasteiger partial charge in [0.05, 0.1) is 7.11 Å². The molecule has 2 aromatic rings. The summed E-state index contributed by atoms with van der Waals surface area (Å²) in [6.07, 6.45) is 0. The van der Waals surface area contributed by atoms with E-state index in [1.807, 2.05) is 17.5 Å². The van der Waals surface area contributed by atoms with Crippen LogP contribution in [0.4, 0.5) is 8.78 Å². The molecule has 0 saturated carbocycles. The molecule has 0 aliphatic carbocycles. The second-order valence-corrected chi connectivity index (χ2v) is 6.15. The van der Waals surface area contributed by atoms with Crippen LogP contribution in [-0.2, 0) is 12.1 Å². The SMILES string of the molecule is COc1ccc(CNCC(C)(O)c2cccs2)c(OC(F)F)c1. The molecule has 126 valence electrons. The van der Waals surface area contributed by atoms with Crippen molar-refractivity contribution in [2.45, 2.75) is 25.7 Å². The molecule has 1 aromatic heterocycles. The van der Waals surface area contributed by atoms with E-state index >= 15 is 0 Å². The van der Waals surface area contributed by atoms with Gasteiger partial charge in [0, 0.05) is 29.6 Å². The Morgan fingerprint density at radius 1 is 1.35 bits per heavy atom. The number of thiophene rings is 1. The topological polar surface area (TPSA) is 50.7 Å². The molecule has 4 nitrogen and oxygen atoms in total. The van der Waals surface area contributed by atoms with E-state index in [-0.39, 0.29) is 18.8 Å². The highest BCUT2D eigenvalue weighted by Crippen LogP contribution is 2.27. The van der Waals surface area contributed by atoms with E-state index in [0.717, 1.165) is 4.88 Å². The van der Waals surface area contributed by atoms with Crippen molar-refractivity contribution in [1.29, 1.82) is 0 Å². The van der Waals surface area contributed by atoms with E-state index < -0.39 is 12.2 Å². The van der Waals surface area contributed by atoms with Crippen LogP contribution >= 0.6 is 11.3 Å². The summed E-state index contributed by atoms with van der Waals surface area (Å²) >= 11 is 1.46. The lowest BCUT2D eigenvalue weighted by atomic mass is 10.1. The van der Waals surface area contributed by atoms with Crippen molar-refractivity contribution in [1.82, 2.24) is 5.32 Å². The summed E-state index contributed by atoms with van der Waals surface area (Å²) in [6, 6.07) is 8.47. The summed E-state index contributed by atoms with van der Waals surface area (Å²) < 4.78 is 34.6. The van der Waals surface area contributed by atoms with E-state index in [4.69, 9.17) is 4.74 Å². The number of ether oxygens (including phenoxy) is 2. The zero-order valence-electron chi connectivity index (χ0n) is 12.9. The molecule has 0 aliphatic rings. The van der Waals surface area contributed by atoms with Crippen molar-refractivity contribution >= 4 is 11.3 Å². The Balaban J connectivity index is 2.02. The minimum Gasteiger partial charge on any atom is -0.497 e. The maximum atomic E-state index is 12.5. The molecule has 7 heteroatoms. The van der Waals surface area contributed by atoms with Crippen molar-refractivity contribution in [3.05, 3.63) is 46.2 Å². The van der Waals surface area contributed by atoms with E-state index in [9.17, 15) is 13.9 Å². The summed E-state index contributed by atoms with van der Waals surface area (Å²) in [5.74, 6) is 0.498. The van der Waals surface area contributed by atoms with Gasteiger partial charge in [0.15, 0.2) is 0 Å². The maximum Gasteiger partial charge on any atom is 0.387 e. The van der Waals surface area contributed by atoms with Crippen molar-refractivity contribution in [3.8, 4) is 11.5 Å². The van der Waals surface area contributed by atoms with Gasteiger partial charge in [-0.1, -0.05) is 12.1 Å². The Bertz CT molecular complexity index is 618. The summed E-state index contributed by atoms with van der Waals surface area (Å²) in [7, 11) is 1.46. The van der Waals surface area contributed by atoms with Crippen LogP contribution in [0, 0.1) is 0 Å². The van der Waals surface area contributed by atoms with Crippen LogP contribution in [0.25, 0.3) is 0 Å². The monoisotopic (exact) mass is 343 g/mol. The highest BCUT2D eigenvalue weighted by molar-refractivity contribution is 7.10. The van der Waals surface area contributed by atoms with E-state index in [1.165, 1.54) is 24.5 Å². The van der Waals surface area contributed by atoms with Gasteiger partial charge in [-0.15, -0.1) is 11.3 Å². The molecule has 2 N–H and O–H groups in total. The highest BCUT2D eigenvalue weighted by atomic mass is 32.1. The molecule has 23 heavy (non-hydrogen) atoms. The molecule has 1 atom stereocenters. The lowest BCUT2D eigenvalue weighted by Gasteiger charge is -2.23. The van der Waals surface area contributed by atoms with Crippen LogP contribution < -0.4 is 14.8 Å². The van der Waals surface area contributed by atoms with Crippen molar-refractivity contribution in [2.24, 2.45) is 0 Å². The first-order chi connectivity index (χ1) is 10.9. The fourth-order valence-electron chi connectivity index (χ4n) is 2.13. The van der Waals surface area contributed by atoms with E-state index in [2.05, 4.69) is 10.1 Å². The molecule has 1 unspecified atom stereocenters. The standard InChI is InChI=1S/C16H19F2NO3S/c1-16(20,14-4-3-7-23-14)10-19-9-11-5-6-12(21-2)8-13(11)22-15(17)18/h3-8,15,19-20H,9-10H2,1-2H3. The molecule has 1 heterocycles. The predicted molar refractivity (Wildman–Crippen MR) is 85.2 cm³/mol. The number of alkyl halides is 2. The molecule has 2 rings (SSSR count). The Kier molecular flexibility index (Phi) is 5.92. The lowest BCUT2D eigenvalue weighted by molar-refractivity contribution is -0.0506. The fourth-order valence-corrected chi connectivity index (χ4v) is 2.91. The second-order valence-electron chi connectivity index (χ2n) is 5.21. The van der Waals surface area contributed by atoms with Crippen LogP contribution in [0.3, 0.4) is 0 Å². The first-order valence-electron chi connectivity index (χ1n) is 7.01. The van der Waals surface area contributed by atoms with Gasteiger partial charge in [-0.05, 0) is 24.4 Å². The number of aliphatic hydroxyl groups is 1. The van der Waals surface area contributed by atoms with Gasteiger partial charge in [0.25, 0.3) is 0 Å². The summed E-state index contributed by atoms with van der Waals surface area (Å²) in [4.78, 5) is 0.837. The van der Waals surface area contributed by atoms with Crippen molar-refractivity contribution < 1.29 is 23.4 Å². The number of benzene rings is 1. The number of hydrogen-bond acceptors (Lipinski definition) is 5. The van der Waals surface area contributed by atoms with Gasteiger partial charge in [-0.3, -0.25) is 0 Å². The summed E-state index contributed by atoms with van der Waals surface area (Å²) in [6.45, 7) is -0.632. The van der Waals surface area contributed by atoms with Gasteiger partial charge < -0.3 is 19.9 Å². The average molecular weight is 343 g/mol. The van der Waals surface area contributed by atoms with E-state index in [0.29, 0.717) is 11.3 Å². The second kappa shape index (κ2) is 7.72. The molecule has 0 bridgehead atoms. The molecule has 0 spiro atoms. The first kappa shape index (κ1) is 17.7. The van der Waals surface area contributed by atoms with Crippen molar-refractivity contribution in [3.63, 3.8) is 0 Å². The molecule has 0 saturated heterocycles. The smallest absolute Gasteiger partial charge is 0.387 e. The van der Waals surface area contributed by atoms with Gasteiger partial charge in [-0.2, -0.15) is 8.78 Å². The minimum absolute atomic E-state index is 0.0580. The molecule has 1 aromatic carbocycles. The molecular weight excluding hydrogens is 324 g/mol. The molecule has 0 aliphatic heterocycles. The molecule has 0 fully saturated rings. The predicted octanol–water partition coefficient (Wildman–Crippen LogP) is 3.36. The highest BCUT2D eigenvalue weighted by Gasteiger charge is 2.23. The van der Waals surface area contributed by atoms with Crippen LogP contribution in [0.1, 0.15) is 17.4 Å². The van der Waals surface area contributed by atoms with Gasteiger partial charge >= 0.3 is 6.61 Å². The van der Waals surface area contributed by atoms with Crippen LogP contribution in [0.5, 0.6) is 11.5 Å². The van der Waals surface area contributed by atoms with Crippen LogP contribution in [0.15, 0.2) is 35.7 Å². The number of rotatable bonds is 8. The van der Waals surface area contributed by atoms with Crippen molar-refractivity contribution in [2.75, 3.05) is 13.7 Å². The molecular formula is C16H19F2NO3S. The molecule has 0 amide bonds. The normalized spacial score (nSPS) is 13.8. The third-order valence-corrected chi connectivity index (χ3v) is 4.45. The van der Waals surface area contributed by atoms with Gasteiger partial charge in [0.2, 0.25) is 0 Å². The lowest BCUT2D eigenvalue weighted by Crippen LogP contribution is -2.34. The Morgan fingerprint density at radius 2 is 2.13 bits per heavy atom. The van der Waals surface area contributed by atoms with Gasteiger partial charge in [0.1, 0.15) is 17.1 Å². The van der Waals surface area contributed by atoms with Crippen LogP contribution in [0.2, 0.25) is 0 Å².